The third-order valence-electron chi connectivity index (χ3n) is 3.46. The van der Waals surface area contributed by atoms with Crippen molar-refractivity contribution in [1.82, 2.24) is 5.32 Å². The molecule has 19 heavy (non-hydrogen) atoms. The number of nitrogens with one attached hydrogen (secondary N) is 1. The molecule has 1 aromatic carbocycles. The lowest BCUT2D eigenvalue weighted by molar-refractivity contribution is 0.0820. The van der Waals surface area contributed by atoms with E-state index in [2.05, 4.69) is 12.2 Å². The first kappa shape index (κ1) is 14.7. The Balaban J connectivity index is 2.10. The molecule has 0 spiro atoms. The molecule has 1 aliphatic heterocycles. The van der Waals surface area contributed by atoms with E-state index in [0.29, 0.717) is 12.6 Å². The van der Waals surface area contributed by atoms with Crippen LogP contribution in [0.4, 0.5) is 0 Å². The molecule has 1 aromatic rings. The molecule has 3 atom stereocenters. The van der Waals surface area contributed by atoms with Crippen LogP contribution in [0, 0.1) is 6.92 Å². The van der Waals surface area contributed by atoms with Crippen LogP contribution in [-0.4, -0.2) is 35.3 Å². The van der Waals surface area contributed by atoms with Gasteiger partial charge in [0, 0.05) is 17.5 Å². The van der Waals surface area contributed by atoms with Crippen molar-refractivity contribution in [3.05, 3.63) is 29.8 Å². The molecule has 0 radical (unpaired) electrons. The zero-order valence-corrected chi connectivity index (χ0v) is 12.5. The van der Waals surface area contributed by atoms with Gasteiger partial charge in [0.05, 0.1) is 22.7 Å². The average molecular weight is 281 g/mol. The van der Waals surface area contributed by atoms with E-state index in [0.717, 1.165) is 36.5 Å². The zero-order valence-electron chi connectivity index (χ0n) is 11.7. The van der Waals surface area contributed by atoms with E-state index in [-0.39, 0.29) is 5.25 Å². The van der Waals surface area contributed by atoms with E-state index in [1.54, 1.807) is 0 Å². The maximum atomic E-state index is 12.7. The summed E-state index contributed by atoms with van der Waals surface area (Å²) in [6.45, 7) is 6.51. The Bertz CT molecular complexity index is 436. The number of aryl methyl sites for hydroxylation is 1. The molecule has 0 aromatic heterocycles. The Morgan fingerprint density at radius 2 is 2.32 bits per heavy atom. The molecule has 2 rings (SSSR count). The fraction of sp³-hybridized carbons (Fsp3) is 0.600. The molecule has 0 bridgehead atoms. The molecule has 1 saturated heterocycles. The number of rotatable bonds is 5. The molecule has 0 aliphatic carbocycles. The maximum absolute atomic E-state index is 12.7. The van der Waals surface area contributed by atoms with Crippen molar-refractivity contribution in [2.45, 2.75) is 42.9 Å². The van der Waals surface area contributed by atoms with E-state index < -0.39 is 10.8 Å². The molecule has 1 heterocycles. The lowest BCUT2D eigenvalue weighted by Crippen LogP contribution is -2.48. The van der Waals surface area contributed by atoms with Crippen molar-refractivity contribution in [1.29, 1.82) is 0 Å². The molecule has 4 heteroatoms. The third-order valence-corrected chi connectivity index (χ3v) is 5.19. The van der Waals surface area contributed by atoms with Gasteiger partial charge < -0.3 is 10.1 Å². The fourth-order valence-electron chi connectivity index (χ4n) is 2.40. The lowest BCUT2D eigenvalue weighted by Gasteiger charge is -2.31. The lowest BCUT2D eigenvalue weighted by atomic mass is 10.1. The van der Waals surface area contributed by atoms with E-state index in [1.807, 2.05) is 31.2 Å². The molecule has 0 saturated carbocycles. The van der Waals surface area contributed by atoms with Crippen molar-refractivity contribution in [2.75, 3.05) is 19.8 Å². The van der Waals surface area contributed by atoms with Gasteiger partial charge in [-0.1, -0.05) is 19.1 Å². The van der Waals surface area contributed by atoms with Gasteiger partial charge in [0.2, 0.25) is 0 Å². The summed E-state index contributed by atoms with van der Waals surface area (Å²) < 4.78 is 18.2. The van der Waals surface area contributed by atoms with Gasteiger partial charge in [0.1, 0.15) is 0 Å². The Morgan fingerprint density at radius 1 is 1.47 bits per heavy atom. The van der Waals surface area contributed by atoms with Crippen molar-refractivity contribution in [2.24, 2.45) is 0 Å². The predicted octanol–water partition coefficient (Wildman–Crippen LogP) is 2.26. The fourth-order valence-corrected chi connectivity index (χ4v) is 4.02. The number of hydrogen-bond acceptors (Lipinski definition) is 3. The topological polar surface area (TPSA) is 38.3 Å². The molecular formula is C15H23NO2S. The summed E-state index contributed by atoms with van der Waals surface area (Å²) in [5.41, 5.74) is 1.15. The monoisotopic (exact) mass is 281 g/mol. The Morgan fingerprint density at radius 3 is 3.05 bits per heavy atom. The van der Waals surface area contributed by atoms with Crippen LogP contribution in [0.25, 0.3) is 0 Å². The van der Waals surface area contributed by atoms with Gasteiger partial charge in [-0.3, -0.25) is 4.21 Å². The smallest absolute Gasteiger partial charge is 0.0782 e. The van der Waals surface area contributed by atoms with Gasteiger partial charge in [-0.05, 0) is 44.0 Å². The van der Waals surface area contributed by atoms with Crippen LogP contribution < -0.4 is 5.32 Å². The van der Waals surface area contributed by atoms with Crippen LogP contribution in [-0.2, 0) is 15.5 Å². The largest absolute Gasteiger partial charge is 0.380 e. The number of benzene rings is 1. The van der Waals surface area contributed by atoms with E-state index >= 15 is 0 Å². The minimum atomic E-state index is -1.00. The highest BCUT2D eigenvalue weighted by atomic mass is 32.2. The first-order valence-corrected chi connectivity index (χ1v) is 8.22. The highest BCUT2D eigenvalue weighted by Gasteiger charge is 2.30. The van der Waals surface area contributed by atoms with Gasteiger partial charge in [0.25, 0.3) is 0 Å². The molecule has 1 aliphatic rings. The van der Waals surface area contributed by atoms with Crippen molar-refractivity contribution >= 4 is 10.8 Å². The number of hydrogen-bond donors (Lipinski definition) is 1. The highest BCUT2D eigenvalue weighted by molar-refractivity contribution is 7.85. The summed E-state index contributed by atoms with van der Waals surface area (Å²) >= 11 is 0. The first-order chi connectivity index (χ1) is 9.22. The summed E-state index contributed by atoms with van der Waals surface area (Å²) in [6.07, 6.45) is 2.05. The Hall–Kier alpha value is -0.710. The zero-order chi connectivity index (χ0) is 13.7. The second kappa shape index (κ2) is 7.17. The van der Waals surface area contributed by atoms with Crippen LogP contribution in [0.15, 0.2) is 29.2 Å². The Kier molecular flexibility index (Phi) is 5.55. The van der Waals surface area contributed by atoms with Crippen LogP contribution in [0.1, 0.15) is 25.3 Å². The van der Waals surface area contributed by atoms with Gasteiger partial charge in [-0.2, -0.15) is 0 Å². The summed E-state index contributed by atoms with van der Waals surface area (Å²) in [6, 6.07) is 8.27. The van der Waals surface area contributed by atoms with E-state index in [1.165, 1.54) is 0 Å². The summed E-state index contributed by atoms with van der Waals surface area (Å²) in [4.78, 5) is 0.916. The number of ether oxygens (including phenoxy) is 1. The maximum Gasteiger partial charge on any atom is 0.0782 e. The minimum Gasteiger partial charge on any atom is -0.380 e. The summed E-state index contributed by atoms with van der Waals surface area (Å²) in [5, 5.41) is 3.57. The summed E-state index contributed by atoms with van der Waals surface area (Å²) in [5.74, 6) is 0. The van der Waals surface area contributed by atoms with Gasteiger partial charge in [-0.15, -0.1) is 0 Å². The van der Waals surface area contributed by atoms with Crippen molar-refractivity contribution in [3.8, 4) is 0 Å². The molecule has 1 fully saturated rings. The molecule has 1 N–H and O–H groups in total. The molecule has 106 valence electrons. The SMILES string of the molecule is CCCNC1CCOCC1S(=O)c1cccc(C)c1. The Labute approximate surface area is 118 Å². The van der Waals surface area contributed by atoms with Crippen LogP contribution in [0.3, 0.4) is 0 Å². The quantitative estimate of drug-likeness (QED) is 0.899. The van der Waals surface area contributed by atoms with Gasteiger partial charge >= 0.3 is 0 Å². The van der Waals surface area contributed by atoms with Gasteiger partial charge in [-0.25, -0.2) is 0 Å². The predicted molar refractivity (Wildman–Crippen MR) is 78.9 cm³/mol. The van der Waals surface area contributed by atoms with Crippen molar-refractivity contribution in [3.63, 3.8) is 0 Å². The molecular weight excluding hydrogens is 258 g/mol. The molecule has 3 nitrogen and oxygen atoms in total. The standard InChI is InChI=1S/C15H23NO2S/c1-3-8-16-14-7-9-18-11-15(14)19(17)13-6-4-5-12(2)10-13/h4-6,10,14-16H,3,7-9,11H2,1-2H3. The highest BCUT2D eigenvalue weighted by Crippen LogP contribution is 2.20. The minimum absolute atomic E-state index is 0.0575. The van der Waals surface area contributed by atoms with Crippen LogP contribution in [0.5, 0.6) is 0 Å². The first-order valence-electron chi connectivity index (χ1n) is 7.00. The van der Waals surface area contributed by atoms with Crippen LogP contribution in [0.2, 0.25) is 0 Å². The molecule has 3 unspecified atom stereocenters. The van der Waals surface area contributed by atoms with Crippen LogP contribution >= 0.6 is 0 Å². The van der Waals surface area contributed by atoms with E-state index in [9.17, 15) is 4.21 Å². The average Bonchev–Trinajstić information content (AvgIpc) is 2.44. The second-order valence-electron chi connectivity index (χ2n) is 5.08. The molecule has 0 amide bonds. The third kappa shape index (κ3) is 3.88. The summed E-state index contributed by atoms with van der Waals surface area (Å²) in [7, 11) is -1.00. The van der Waals surface area contributed by atoms with Gasteiger partial charge in [0.15, 0.2) is 0 Å². The normalized spacial score (nSPS) is 25.2. The second-order valence-corrected chi connectivity index (χ2v) is 6.75. The van der Waals surface area contributed by atoms with E-state index in [4.69, 9.17) is 4.74 Å². The van der Waals surface area contributed by atoms with Crippen molar-refractivity contribution < 1.29 is 8.95 Å².